The monoisotopic (exact) mass is 319 g/mol. The summed E-state index contributed by atoms with van der Waals surface area (Å²) in [6.45, 7) is 13.3. The minimum absolute atomic E-state index is 0.0147. The van der Waals surface area contributed by atoms with Gasteiger partial charge in [-0.1, -0.05) is 33.1 Å². The van der Waals surface area contributed by atoms with Crippen LogP contribution in [0, 0.1) is 17.8 Å². The number of piperazine rings is 1. The summed E-state index contributed by atoms with van der Waals surface area (Å²) in [5.74, 6) is 3.01. The van der Waals surface area contributed by atoms with E-state index in [0.717, 1.165) is 58.5 Å². The predicted molar refractivity (Wildman–Crippen MR) is 95.1 cm³/mol. The maximum atomic E-state index is 12.9. The number of nitrogens with zero attached hydrogens (tertiary/aromatic N) is 3. The first kappa shape index (κ1) is 18.3. The lowest BCUT2D eigenvalue weighted by atomic mass is 9.92. The van der Waals surface area contributed by atoms with E-state index in [0.29, 0.717) is 17.9 Å². The van der Waals surface area contributed by atoms with Crippen molar-refractivity contribution in [2.24, 2.45) is 5.41 Å². The van der Waals surface area contributed by atoms with Gasteiger partial charge in [0, 0.05) is 26.2 Å². The Hall–Kier alpha value is -1.05. The van der Waals surface area contributed by atoms with E-state index in [1.54, 1.807) is 0 Å². The van der Waals surface area contributed by atoms with Crippen molar-refractivity contribution in [3.05, 3.63) is 0 Å². The van der Waals surface area contributed by atoms with Crippen molar-refractivity contribution in [2.75, 3.05) is 45.8 Å². The molecule has 0 aromatic carbocycles. The number of rotatable bonds is 4. The second-order valence-corrected chi connectivity index (χ2v) is 8.16. The first-order valence-corrected chi connectivity index (χ1v) is 9.09. The quantitative estimate of drug-likeness (QED) is 0.742. The molecule has 0 aliphatic carbocycles. The van der Waals surface area contributed by atoms with Crippen LogP contribution in [-0.2, 0) is 4.79 Å². The number of hydrogen-bond acceptors (Lipinski definition) is 3. The van der Waals surface area contributed by atoms with Gasteiger partial charge in [0.2, 0.25) is 5.91 Å². The summed E-state index contributed by atoms with van der Waals surface area (Å²) in [5, 5.41) is 0. The minimum Gasteiger partial charge on any atom is -0.339 e. The number of likely N-dealkylation sites (tertiary alicyclic amines) is 1. The van der Waals surface area contributed by atoms with E-state index in [9.17, 15) is 4.79 Å². The van der Waals surface area contributed by atoms with Crippen LogP contribution in [0.4, 0.5) is 0 Å². The number of amides is 1. The normalized spacial score (nSPS) is 24.4. The Morgan fingerprint density at radius 2 is 1.83 bits per heavy atom. The van der Waals surface area contributed by atoms with Crippen LogP contribution in [0.5, 0.6) is 0 Å². The smallest absolute Gasteiger partial charge is 0.240 e. The first-order valence-electron chi connectivity index (χ1n) is 9.09. The van der Waals surface area contributed by atoms with Crippen molar-refractivity contribution in [2.45, 2.75) is 52.5 Å². The van der Waals surface area contributed by atoms with E-state index >= 15 is 0 Å². The highest BCUT2D eigenvalue weighted by Gasteiger charge is 2.32. The Morgan fingerprint density at radius 1 is 1.13 bits per heavy atom. The molecule has 23 heavy (non-hydrogen) atoms. The molecular formula is C19H33N3O. The summed E-state index contributed by atoms with van der Waals surface area (Å²) in [5.41, 5.74) is 0.380. The second kappa shape index (κ2) is 8.17. The maximum absolute atomic E-state index is 12.9. The fourth-order valence-corrected chi connectivity index (χ4v) is 3.47. The van der Waals surface area contributed by atoms with E-state index in [1.165, 1.54) is 6.42 Å². The van der Waals surface area contributed by atoms with Crippen LogP contribution in [0.1, 0.15) is 46.5 Å². The summed E-state index contributed by atoms with van der Waals surface area (Å²) in [7, 11) is 0. The van der Waals surface area contributed by atoms with Crippen molar-refractivity contribution in [3.8, 4) is 12.3 Å². The molecule has 1 atom stereocenters. The Bertz CT molecular complexity index is 427. The molecule has 0 bridgehead atoms. The van der Waals surface area contributed by atoms with E-state index in [2.05, 4.69) is 41.4 Å². The lowest BCUT2D eigenvalue weighted by Gasteiger charge is -2.40. The molecule has 2 rings (SSSR count). The van der Waals surface area contributed by atoms with E-state index in [4.69, 9.17) is 6.42 Å². The van der Waals surface area contributed by atoms with Gasteiger partial charge in [-0.3, -0.25) is 14.6 Å². The van der Waals surface area contributed by atoms with Gasteiger partial charge in [-0.2, -0.15) is 0 Å². The molecule has 2 heterocycles. The number of piperidine rings is 1. The molecule has 1 amide bonds. The van der Waals surface area contributed by atoms with Crippen LogP contribution in [0.25, 0.3) is 0 Å². The molecule has 4 heteroatoms. The zero-order valence-corrected chi connectivity index (χ0v) is 15.2. The van der Waals surface area contributed by atoms with E-state index < -0.39 is 0 Å². The summed E-state index contributed by atoms with van der Waals surface area (Å²) in [6.07, 6.45) is 9.94. The Kier molecular flexibility index (Phi) is 6.50. The van der Waals surface area contributed by atoms with Gasteiger partial charge in [0.1, 0.15) is 0 Å². The second-order valence-electron chi connectivity index (χ2n) is 8.16. The minimum atomic E-state index is 0.0147. The van der Waals surface area contributed by atoms with Crippen LogP contribution in [-0.4, -0.2) is 72.5 Å². The molecule has 0 radical (unpaired) electrons. The number of carbonyl (C=O) groups is 1. The highest BCUT2D eigenvalue weighted by molar-refractivity contribution is 5.82. The van der Waals surface area contributed by atoms with Gasteiger partial charge in [0.05, 0.1) is 12.6 Å². The molecular weight excluding hydrogens is 286 g/mol. The third-order valence-corrected chi connectivity index (χ3v) is 5.06. The topological polar surface area (TPSA) is 26.8 Å². The predicted octanol–water partition coefficient (Wildman–Crippen LogP) is 2.05. The lowest BCUT2D eigenvalue weighted by molar-refractivity contribution is -0.139. The van der Waals surface area contributed by atoms with E-state index in [-0.39, 0.29) is 6.04 Å². The zero-order valence-electron chi connectivity index (χ0n) is 15.2. The largest absolute Gasteiger partial charge is 0.339 e. The Morgan fingerprint density at radius 3 is 2.43 bits per heavy atom. The molecule has 0 aromatic rings. The molecule has 0 spiro atoms. The molecule has 4 nitrogen and oxygen atoms in total. The van der Waals surface area contributed by atoms with Gasteiger partial charge in [-0.25, -0.2) is 0 Å². The van der Waals surface area contributed by atoms with Crippen LogP contribution < -0.4 is 0 Å². The fourth-order valence-electron chi connectivity index (χ4n) is 3.47. The molecule has 0 aromatic heterocycles. The average molecular weight is 319 g/mol. The molecule has 130 valence electrons. The van der Waals surface area contributed by atoms with Crippen molar-refractivity contribution < 1.29 is 4.79 Å². The van der Waals surface area contributed by atoms with Crippen molar-refractivity contribution in [3.63, 3.8) is 0 Å². The lowest BCUT2D eigenvalue weighted by Crippen LogP contribution is -2.56. The molecule has 1 unspecified atom stereocenters. The molecule has 2 fully saturated rings. The SMILES string of the molecule is C#CCN1CCCCC1C(=O)N1CCN(CCC(C)(C)C)CC1. The van der Waals surface area contributed by atoms with Crippen LogP contribution >= 0.6 is 0 Å². The number of hydrogen-bond donors (Lipinski definition) is 0. The number of carbonyl (C=O) groups excluding carboxylic acids is 1. The first-order chi connectivity index (χ1) is 10.9. The van der Waals surface area contributed by atoms with Gasteiger partial charge < -0.3 is 4.90 Å². The van der Waals surface area contributed by atoms with Gasteiger partial charge in [0.25, 0.3) is 0 Å². The average Bonchev–Trinajstić information content (AvgIpc) is 2.53. The van der Waals surface area contributed by atoms with E-state index in [1.807, 2.05) is 0 Å². The van der Waals surface area contributed by atoms with Crippen molar-refractivity contribution in [1.29, 1.82) is 0 Å². The summed E-state index contributed by atoms with van der Waals surface area (Å²) in [6, 6.07) is 0.0147. The highest BCUT2D eigenvalue weighted by Crippen LogP contribution is 2.21. The van der Waals surface area contributed by atoms with Gasteiger partial charge in [-0.05, 0) is 37.8 Å². The van der Waals surface area contributed by atoms with Crippen LogP contribution in [0.3, 0.4) is 0 Å². The zero-order chi connectivity index (χ0) is 16.9. The standard InChI is InChI=1S/C19H33N3O/c1-5-10-21-11-7-6-8-17(21)18(23)22-15-13-20(14-16-22)12-9-19(2,3)4/h1,17H,6-16H2,2-4H3. The highest BCUT2D eigenvalue weighted by atomic mass is 16.2. The molecule has 2 aliphatic heterocycles. The molecule has 0 N–H and O–H groups in total. The van der Waals surface area contributed by atoms with Gasteiger partial charge >= 0.3 is 0 Å². The third-order valence-electron chi connectivity index (χ3n) is 5.06. The maximum Gasteiger partial charge on any atom is 0.240 e. The Labute approximate surface area is 142 Å². The third kappa shape index (κ3) is 5.51. The van der Waals surface area contributed by atoms with Gasteiger partial charge in [-0.15, -0.1) is 6.42 Å². The molecule has 2 saturated heterocycles. The van der Waals surface area contributed by atoms with Crippen molar-refractivity contribution >= 4 is 5.91 Å². The Balaban J connectivity index is 1.82. The van der Waals surface area contributed by atoms with Crippen molar-refractivity contribution in [1.82, 2.24) is 14.7 Å². The number of terminal acetylenes is 1. The fraction of sp³-hybridized carbons (Fsp3) is 0.842. The molecule has 0 saturated carbocycles. The van der Waals surface area contributed by atoms with Crippen LogP contribution in [0.2, 0.25) is 0 Å². The summed E-state index contributed by atoms with van der Waals surface area (Å²) in [4.78, 5) is 19.6. The summed E-state index contributed by atoms with van der Waals surface area (Å²) >= 11 is 0. The molecule has 2 aliphatic rings. The van der Waals surface area contributed by atoms with Crippen LogP contribution in [0.15, 0.2) is 0 Å². The summed E-state index contributed by atoms with van der Waals surface area (Å²) < 4.78 is 0. The van der Waals surface area contributed by atoms with Gasteiger partial charge in [0.15, 0.2) is 0 Å².